The number of hydrogen-bond donors (Lipinski definition) is 3. The number of carbonyl (C=O) groups excluding carboxylic acids is 2. The molecule has 6 heteroatoms. The molecule has 0 radical (unpaired) electrons. The summed E-state index contributed by atoms with van der Waals surface area (Å²) < 4.78 is 5.30. The summed E-state index contributed by atoms with van der Waals surface area (Å²) in [5, 5.41) is 2.18. The van der Waals surface area contributed by atoms with Crippen molar-refractivity contribution in [3.8, 4) is 0 Å². The molecule has 1 aliphatic heterocycles. The molecule has 1 aliphatic rings. The molecule has 19 heavy (non-hydrogen) atoms. The number of rotatable bonds is 3. The first-order valence-electron chi connectivity index (χ1n) is 6.26. The molecule has 1 saturated heterocycles. The summed E-state index contributed by atoms with van der Waals surface area (Å²) in [6, 6.07) is 8.15. The van der Waals surface area contributed by atoms with E-state index in [0.29, 0.717) is 13.2 Å². The Hall–Kier alpha value is -1.92. The molecule has 0 bridgehead atoms. The van der Waals surface area contributed by atoms with Gasteiger partial charge in [-0.3, -0.25) is 10.1 Å². The van der Waals surface area contributed by atoms with Gasteiger partial charge in [0.2, 0.25) is 0 Å². The zero-order valence-electron chi connectivity index (χ0n) is 10.6. The minimum atomic E-state index is -0.821. The highest BCUT2D eigenvalue weighted by atomic mass is 16.5. The molecule has 1 heterocycles. The number of nitrogens with one attached hydrogen (secondary N) is 2. The van der Waals surface area contributed by atoms with Crippen molar-refractivity contribution in [1.29, 1.82) is 0 Å². The van der Waals surface area contributed by atoms with E-state index < -0.39 is 12.1 Å². The van der Waals surface area contributed by atoms with E-state index in [9.17, 15) is 9.59 Å². The molecule has 0 saturated carbocycles. The van der Waals surface area contributed by atoms with Crippen LogP contribution in [0.3, 0.4) is 0 Å². The van der Waals surface area contributed by atoms with Crippen molar-refractivity contribution >= 4 is 11.9 Å². The normalized spacial score (nSPS) is 17.7. The largest absolute Gasteiger partial charge is 0.370 e. The van der Waals surface area contributed by atoms with Crippen molar-refractivity contribution in [2.45, 2.75) is 6.04 Å². The molecule has 6 nitrogen and oxygen atoms in total. The van der Waals surface area contributed by atoms with Crippen LogP contribution in [-0.4, -0.2) is 38.2 Å². The minimum absolute atomic E-state index is 0.365. The number of carbonyl (C=O) groups is 2. The summed E-state index contributed by atoms with van der Waals surface area (Å²) in [6.45, 7) is 2.68. The number of urea groups is 1. The van der Waals surface area contributed by atoms with Gasteiger partial charge in [0, 0.05) is 5.56 Å². The highest BCUT2D eigenvalue weighted by Gasteiger charge is 2.33. The summed E-state index contributed by atoms with van der Waals surface area (Å²) in [7, 11) is 0. The Morgan fingerprint density at radius 2 is 1.84 bits per heavy atom. The van der Waals surface area contributed by atoms with Crippen LogP contribution in [0.4, 0.5) is 4.79 Å². The number of benzene rings is 1. The predicted molar refractivity (Wildman–Crippen MR) is 68.4 cm³/mol. The van der Waals surface area contributed by atoms with Crippen LogP contribution >= 0.6 is 0 Å². The molecule has 0 unspecified atom stereocenters. The summed E-state index contributed by atoms with van der Waals surface area (Å²) >= 11 is 0. The van der Waals surface area contributed by atoms with Crippen LogP contribution < -0.4 is 16.0 Å². The molecule has 1 atom stereocenters. The lowest BCUT2D eigenvalue weighted by Gasteiger charge is -2.30. The van der Waals surface area contributed by atoms with Crippen molar-refractivity contribution in [2.75, 3.05) is 26.3 Å². The number of amides is 3. The topological polar surface area (TPSA) is 85.9 Å². The molecular formula is C13H18N3O3+. The fourth-order valence-electron chi connectivity index (χ4n) is 2.33. The lowest BCUT2D eigenvalue weighted by molar-refractivity contribution is -0.929. The quantitative estimate of drug-likeness (QED) is 0.643. The molecule has 4 N–H and O–H groups in total. The standard InChI is InChI=1S/C13H17N3O3/c14-13(18)15-12(17)11(10-4-2-1-3-5-10)16-6-8-19-9-7-16/h1-5,11H,6-9H2,(H3,14,15,17,18)/p+1/t11-/m0/s1. The van der Waals surface area contributed by atoms with E-state index in [1.807, 2.05) is 30.3 Å². The van der Waals surface area contributed by atoms with Crippen LogP contribution in [0.1, 0.15) is 11.6 Å². The van der Waals surface area contributed by atoms with E-state index in [-0.39, 0.29) is 5.91 Å². The Morgan fingerprint density at radius 3 is 2.42 bits per heavy atom. The second kappa shape index (κ2) is 6.31. The molecule has 3 amide bonds. The first-order valence-corrected chi connectivity index (χ1v) is 6.26. The maximum Gasteiger partial charge on any atom is 0.319 e. The van der Waals surface area contributed by atoms with Gasteiger partial charge in [0.1, 0.15) is 13.1 Å². The van der Waals surface area contributed by atoms with Crippen LogP contribution in [0, 0.1) is 0 Å². The first kappa shape index (κ1) is 13.5. The smallest absolute Gasteiger partial charge is 0.319 e. The van der Waals surface area contributed by atoms with Crippen molar-refractivity contribution in [3.05, 3.63) is 35.9 Å². The van der Waals surface area contributed by atoms with Crippen LogP contribution in [0.2, 0.25) is 0 Å². The monoisotopic (exact) mass is 264 g/mol. The van der Waals surface area contributed by atoms with Crippen molar-refractivity contribution in [2.24, 2.45) is 5.73 Å². The Kier molecular flexibility index (Phi) is 4.48. The molecule has 1 fully saturated rings. The average Bonchev–Trinajstić information content (AvgIpc) is 2.40. The van der Waals surface area contributed by atoms with Crippen molar-refractivity contribution in [3.63, 3.8) is 0 Å². The second-order valence-electron chi connectivity index (χ2n) is 4.47. The Bertz CT molecular complexity index is 444. The number of nitrogens with two attached hydrogens (primary N) is 1. The van der Waals surface area contributed by atoms with Gasteiger partial charge < -0.3 is 15.4 Å². The van der Waals surface area contributed by atoms with Gasteiger partial charge in [0.25, 0.3) is 5.91 Å². The van der Waals surface area contributed by atoms with Crippen LogP contribution in [-0.2, 0) is 9.53 Å². The van der Waals surface area contributed by atoms with Crippen LogP contribution in [0.5, 0.6) is 0 Å². The Balaban J connectivity index is 2.22. The van der Waals surface area contributed by atoms with E-state index >= 15 is 0 Å². The zero-order chi connectivity index (χ0) is 13.7. The summed E-state index contributed by atoms with van der Waals surface area (Å²) in [6.07, 6.45) is 0. The molecule has 1 aromatic carbocycles. The fourth-order valence-corrected chi connectivity index (χ4v) is 2.33. The number of ether oxygens (including phenoxy) is 1. The molecular weight excluding hydrogens is 246 g/mol. The van der Waals surface area contributed by atoms with E-state index in [0.717, 1.165) is 23.6 Å². The van der Waals surface area contributed by atoms with Gasteiger partial charge in [-0.1, -0.05) is 30.3 Å². The number of hydrogen-bond acceptors (Lipinski definition) is 3. The summed E-state index contributed by atoms with van der Waals surface area (Å²) in [5.74, 6) is -0.365. The second-order valence-corrected chi connectivity index (χ2v) is 4.47. The third kappa shape index (κ3) is 3.52. The van der Waals surface area contributed by atoms with Crippen LogP contribution in [0.15, 0.2) is 30.3 Å². The average molecular weight is 264 g/mol. The molecule has 0 aliphatic carbocycles. The van der Waals surface area contributed by atoms with E-state index in [1.54, 1.807) is 0 Å². The maximum absolute atomic E-state index is 12.2. The van der Waals surface area contributed by atoms with Gasteiger partial charge >= 0.3 is 6.03 Å². The third-order valence-corrected chi connectivity index (χ3v) is 3.18. The van der Waals surface area contributed by atoms with Gasteiger partial charge in [-0.15, -0.1) is 0 Å². The molecule has 102 valence electrons. The molecule has 1 aromatic rings. The van der Waals surface area contributed by atoms with E-state index in [1.165, 1.54) is 0 Å². The number of imide groups is 1. The Labute approximate surface area is 111 Å². The minimum Gasteiger partial charge on any atom is -0.370 e. The highest BCUT2D eigenvalue weighted by molar-refractivity contribution is 5.96. The van der Waals surface area contributed by atoms with Gasteiger partial charge in [0.05, 0.1) is 13.2 Å². The lowest BCUT2D eigenvalue weighted by Crippen LogP contribution is -3.15. The summed E-state index contributed by atoms with van der Waals surface area (Å²) in [5.41, 5.74) is 5.91. The van der Waals surface area contributed by atoms with Crippen LogP contribution in [0.25, 0.3) is 0 Å². The van der Waals surface area contributed by atoms with Gasteiger partial charge in [-0.2, -0.15) is 0 Å². The SMILES string of the molecule is NC(=O)NC(=O)[C@H](c1ccccc1)[NH+]1CCOCC1. The molecule has 0 aromatic heterocycles. The maximum atomic E-state index is 12.2. The fraction of sp³-hybridized carbons (Fsp3) is 0.385. The van der Waals surface area contributed by atoms with Crippen molar-refractivity contribution < 1.29 is 19.2 Å². The molecule has 0 spiro atoms. The third-order valence-electron chi connectivity index (χ3n) is 3.18. The Morgan fingerprint density at radius 1 is 1.21 bits per heavy atom. The number of primary amides is 1. The zero-order valence-corrected chi connectivity index (χ0v) is 10.6. The van der Waals surface area contributed by atoms with Gasteiger partial charge in [-0.25, -0.2) is 4.79 Å². The van der Waals surface area contributed by atoms with Crippen molar-refractivity contribution in [1.82, 2.24) is 5.32 Å². The molecule has 2 rings (SSSR count). The van der Waals surface area contributed by atoms with E-state index in [4.69, 9.17) is 10.5 Å². The van der Waals surface area contributed by atoms with E-state index in [2.05, 4.69) is 5.32 Å². The summed E-state index contributed by atoms with van der Waals surface area (Å²) in [4.78, 5) is 24.1. The number of quaternary nitrogens is 1. The first-order chi connectivity index (χ1) is 9.18. The highest BCUT2D eigenvalue weighted by Crippen LogP contribution is 2.09. The lowest BCUT2D eigenvalue weighted by atomic mass is 10.0. The number of morpholine rings is 1. The van der Waals surface area contributed by atoms with Gasteiger partial charge in [-0.05, 0) is 0 Å². The van der Waals surface area contributed by atoms with Gasteiger partial charge in [0.15, 0.2) is 6.04 Å². The predicted octanol–water partition coefficient (Wildman–Crippen LogP) is -1.16.